The molecule has 0 spiro atoms. The van der Waals surface area contributed by atoms with Gasteiger partial charge in [0.1, 0.15) is 23.4 Å². The Hall–Kier alpha value is -3.29. The summed E-state index contributed by atoms with van der Waals surface area (Å²) in [5.74, 6) is 3.27. The number of aromatic nitrogens is 3. The molecule has 154 valence electrons. The molecule has 2 N–H and O–H groups in total. The summed E-state index contributed by atoms with van der Waals surface area (Å²) in [7, 11) is 3.40. The smallest absolute Gasteiger partial charge is 0.191 e. The second-order valence-corrected chi connectivity index (χ2v) is 6.64. The molecule has 2 heterocycles. The molecule has 1 unspecified atom stereocenters. The van der Waals surface area contributed by atoms with Gasteiger partial charge >= 0.3 is 0 Å². The zero-order chi connectivity index (χ0) is 20.5. The Bertz CT molecular complexity index is 940. The molecule has 0 saturated carbocycles. The minimum absolute atomic E-state index is 0.0250. The molecule has 1 atom stereocenters. The van der Waals surface area contributed by atoms with Crippen molar-refractivity contribution < 1.29 is 9.47 Å². The minimum atomic E-state index is -0.0250. The van der Waals surface area contributed by atoms with Crippen molar-refractivity contribution in [2.24, 2.45) is 4.99 Å². The molecule has 29 heavy (non-hydrogen) atoms. The second kappa shape index (κ2) is 10.3. The lowest BCUT2D eigenvalue weighted by Gasteiger charge is -2.18. The van der Waals surface area contributed by atoms with Gasteiger partial charge < -0.3 is 20.1 Å². The zero-order valence-corrected chi connectivity index (χ0v) is 17.1. The normalized spacial score (nSPS) is 12.6. The van der Waals surface area contributed by atoms with Gasteiger partial charge in [0.25, 0.3) is 0 Å². The molecule has 0 saturated heterocycles. The maximum atomic E-state index is 5.92. The van der Waals surface area contributed by atoms with E-state index in [-0.39, 0.29) is 6.10 Å². The van der Waals surface area contributed by atoms with Crippen LogP contribution in [0.3, 0.4) is 0 Å². The van der Waals surface area contributed by atoms with E-state index < -0.39 is 0 Å². The maximum Gasteiger partial charge on any atom is 0.191 e. The van der Waals surface area contributed by atoms with E-state index in [1.54, 1.807) is 14.2 Å². The highest BCUT2D eigenvalue weighted by Gasteiger charge is 2.07. The Kier molecular flexibility index (Phi) is 7.27. The first-order valence-electron chi connectivity index (χ1n) is 9.73. The van der Waals surface area contributed by atoms with Crippen molar-refractivity contribution in [1.29, 1.82) is 0 Å². The summed E-state index contributed by atoms with van der Waals surface area (Å²) >= 11 is 0. The number of rotatable bonds is 9. The molecule has 3 rings (SSSR count). The molecule has 0 aliphatic heterocycles. The van der Waals surface area contributed by atoms with Crippen molar-refractivity contribution in [3.8, 4) is 11.5 Å². The van der Waals surface area contributed by atoms with Gasteiger partial charge in [0, 0.05) is 32.3 Å². The number of aryl methyl sites for hydroxylation is 1. The van der Waals surface area contributed by atoms with Crippen molar-refractivity contribution in [3.05, 3.63) is 54.5 Å². The predicted octanol–water partition coefficient (Wildman–Crippen LogP) is 2.30. The van der Waals surface area contributed by atoms with Gasteiger partial charge in [0.2, 0.25) is 0 Å². The summed E-state index contributed by atoms with van der Waals surface area (Å²) in [5.41, 5.74) is 0.873. The highest BCUT2D eigenvalue weighted by Crippen LogP contribution is 2.19. The van der Waals surface area contributed by atoms with Crippen molar-refractivity contribution in [3.63, 3.8) is 0 Å². The lowest BCUT2D eigenvalue weighted by Crippen LogP contribution is -2.42. The van der Waals surface area contributed by atoms with Crippen molar-refractivity contribution in [2.45, 2.75) is 25.9 Å². The third-order valence-corrected chi connectivity index (χ3v) is 4.41. The molecule has 0 fully saturated rings. The lowest BCUT2D eigenvalue weighted by molar-refractivity contribution is 0.223. The van der Waals surface area contributed by atoms with Crippen LogP contribution >= 0.6 is 0 Å². The summed E-state index contributed by atoms with van der Waals surface area (Å²) in [5, 5.41) is 15.0. The first kappa shape index (κ1) is 20.4. The number of pyridine rings is 1. The van der Waals surface area contributed by atoms with Gasteiger partial charge in [0.15, 0.2) is 11.6 Å². The predicted molar refractivity (Wildman–Crippen MR) is 114 cm³/mol. The third kappa shape index (κ3) is 5.84. The Morgan fingerprint density at radius 1 is 1.14 bits per heavy atom. The van der Waals surface area contributed by atoms with Crippen LogP contribution in [0.15, 0.2) is 53.7 Å². The Balaban J connectivity index is 1.38. The van der Waals surface area contributed by atoms with E-state index in [4.69, 9.17) is 9.47 Å². The van der Waals surface area contributed by atoms with Gasteiger partial charge in [-0.05, 0) is 37.6 Å². The van der Waals surface area contributed by atoms with Crippen LogP contribution in [0.5, 0.6) is 11.5 Å². The fraction of sp³-hybridized carbons (Fsp3) is 0.381. The summed E-state index contributed by atoms with van der Waals surface area (Å²) in [6.07, 6.45) is 3.72. The molecular weight excluding hydrogens is 368 g/mol. The first-order valence-corrected chi connectivity index (χ1v) is 9.73. The number of hydrogen-bond acceptors (Lipinski definition) is 5. The van der Waals surface area contributed by atoms with Crippen LogP contribution in [0.25, 0.3) is 5.65 Å². The Labute approximate surface area is 171 Å². The second-order valence-electron chi connectivity index (χ2n) is 6.64. The van der Waals surface area contributed by atoms with E-state index in [1.807, 2.05) is 60.0 Å². The summed E-state index contributed by atoms with van der Waals surface area (Å²) < 4.78 is 13.2. The lowest BCUT2D eigenvalue weighted by atomic mass is 10.3. The summed E-state index contributed by atoms with van der Waals surface area (Å²) in [6, 6.07) is 13.5. The summed E-state index contributed by atoms with van der Waals surface area (Å²) in [6.45, 7) is 3.43. The molecule has 3 aromatic rings. The van der Waals surface area contributed by atoms with Gasteiger partial charge in [0.05, 0.1) is 13.7 Å². The highest BCUT2D eigenvalue weighted by atomic mass is 16.5. The van der Waals surface area contributed by atoms with Crippen LogP contribution in [0.4, 0.5) is 0 Å². The molecule has 0 aliphatic carbocycles. The van der Waals surface area contributed by atoms with Gasteiger partial charge in [-0.2, -0.15) is 0 Å². The number of nitrogens with one attached hydrogen (secondary N) is 2. The maximum absolute atomic E-state index is 5.92. The molecule has 8 nitrogen and oxygen atoms in total. The SMILES string of the molecule is CN=C(NCCCc1nnc2ccccn12)NCC(C)Oc1cccc(OC)c1. The van der Waals surface area contributed by atoms with Crippen LogP contribution in [-0.4, -0.2) is 53.9 Å². The molecule has 0 radical (unpaired) electrons. The van der Waals surface area contributed by atoms with E-state index in [9.17, 15) is 0 Å². The average molecular weight is 396 g/mol. The molecule has 0 aliphatic rings. The van der Waals surface area contributed by atoms with Gasteiger partial charge in [-0.25, -0.2) is 0 Å². The van der Waals surface area contributed by atoms with E-state index in [2.05, 4.69) is 25.8 Å². The standard InChI is InChI=1S/C21H28N6O2/c1-16(29-18-9-6-8-17(14-18)28-3)15-24-21(22-2)23-12-7-11-20-26-25-19-10-4-5-13-27(19)20/h4-6,8-10,13-14,16H,7,11-12,15H2,1-3H3,(H2,22,23,24). The Morgan fingerprint density at radius 2 is 2.00 bits per heavy atom. The number of aliphatic imine (C=N–C) groups is 1. The molecule has 8 heteroatoms. The van der Waals surface area contributed by atoms with E-state index in [1.165, 1.54) is 0 Å². The van der Waals surface area contributed by atoms with Crippen LogP contribution in [0, 0.1) is 0 Å². The number of guanidine groups is 1. The molecular formula is C21H28N6O2. The Morgan fingerprint density at radius 3 is 2.83 bits per heavy atom. The van der Waals surface area contributed by atoms with Gasteiger partial charge in [-0.3, -0.25) is 9.39 Å². The van der Waals surface area contributed by atoms with E-state index >= 15 is 0 Å². The first-order chi connectivity index (χ1) is 14.2. The average Bonchev–Trinajstić information content (AvgIpc) is 3.16. The molecule has 2 aromatic heterocycles. The van der Waals surface area contributed by atoms with Crippen molar-refractivity contribution in [1.82, 2.24) is 25.2 Å². The number of benzene rings is 1. The molecule has 1 aromatic carbocycles. The van der Waals surface area contributed by atoms with Crippen LogP contribution in [0.1, 0.15) is 19.2 Å². The topological polar surface area (TPSA) is 85.1 Å². The number of hydrogen-bond donors (Lipinski definition) is 2. The number of methoxy groups -OCH3 is 1. The van der Waals surface area contributed by atoms with Crippen molar-refractivity contribution in [2.75, 3.05) is 27.2 Å². The molecule has 0 bridgehead atoms. The number of nitrogens with zero attached hydrogens (tertiary/aromatic N) is 4. The van der Waals surface area contributed by atoms with Crippen LogP contribution in [0.2, 0.25) is 0 Å². The summed E-state index contributed by atoms with van der Waals surface area (Å²) in [4.78, 5) is 4.26. The zero-order valence-electron chi connectivity index (χ0n) is 17.1. The van der Waals surface area contributed by atoms with Gasteiger partial charge in [-0.1, -0.05) is 12.1 Å². The van der Waals surface area contributed by atoms with Crippen LogP contribution < -0.4 is 20.1 Å². The van der Waals surface area contributed by atoms with Crippen LogP contribution in [-0.2, 0) is 6.42 Å². The van der Waals surface area contributed by atoms with Gasteiger partial charge in [-0.15, -0.1) is 10.2 Å². The fourth-order valence-electron chi connectivity index (χ4n) is 2.92. The highest BCUT2D eigenvalue weighted by molar-refractivity contribution is 5.79. The minimum Gasteiger partial charge on any atom is -0.497 e. The largest absolute Gasteiger partial charge is 0.497 e. The number of fused-ring (bicyclic) bond motifs is 1. The van der Waals surface area contributed by atoms with E-state index in [0.29, 0.717) is 6.54 Å². The fourth-order valence-corrected chi connectivity index (χ4v) is 2.92. The van der Waals surface area contributed by atoms with E-state index in [0.717, 1.165) is 48.3 Å². The quantitative estimate of drug-likeness (QED) is 0.328. The van der Waals surface area contributed by atoms with Crippen molar-refractivity contribution >= 4 is 11.6 Å². The third-order valence-electron chi connectivity index (χ3n) is 4.41. The molecule has 0 amide bonds. The monoisotopic (exact) mass is 396 g/mol. The number of ether oxygens (including phenoxy) is 2.